The summed E-state index contributed by atoms with van der Waals surface area (Å²) in [5.41, 5.74) is 0.527. The second-order valence-corrected chi connectivity index (χ2v) is 5.74. The van der Waals surface area contributed by atoms with Gasteiger partial charge in [0, 0.05) is 28.1 Å². The highest BCUT2D eigenvalue weighted by atomic mass is 35.5. The van der Waals surface area contributed by atoms with E-state index in [-0.39, 0.29) is 5.82 Å². The molecule has 2 rings (SSSR count). The Morgan fingerprint density at radius 2 is 2.18 bits per heavy atom. The van der Waals surface area contributed by atoms with Crippen LogP contribution in [0.25, 0.3) is 0 Å². The molecule has 17 heavy (non-hydrogen) atoms. The van der Waals surface area contributed by atoms with Crippen LogP contribution in [0.3, 0.4) is 0 Å². The number of aromatic nitrogens is 1. The van der Waals surface area contributed by atoms with Gasteiger partial charge >= 0.3 is 0 Å². The summed E-state index contributed by atoms with van der Waals surface area (Å²) in [6, 6.07) is 4.75. The molecule has 0 aliphatic heterocycles. The molecular weight excluding hydrogens is 257 g/mol. The van der Waals surface area contributed by atoms with Crippen molar-refractivity contribution in [3.63, 3.8) is 0 Å². The van der Waals surface area contributed by atoms with Crippen molar-refractivity contribution in [2.45, 2.75) is 26.2 Å². The highest BCUT2D eigenvalue weighted by Gasteiger charge is 2.11. The Labute approximate surface area is 109 Å². The predicted molar refractivity (Wildman–Crippen MR) is 70.4 cm³/mol. The fourth-order valence-corrected chi connectivity index (χ4v) is 2.69. The maximum absolute atomic E-state index is 13.6. The molecule has 90 valence electrons. The summed E-state index contributed by atoms with van der Waals surface area (Å²) in [5.74, 6) is 0.191. The Bertz CT molecular complexity index is 502. The molecule has 1 heterocycles. The van der Waals surface area contributed by atoms with Crippen molar-refractivity contribution in [2.24, 2.45) is 0 Å². The van der Waals surface area contributed by atoms with Crippen molar-refractivity contribution in [3.05, 3.63) is 50.7 Å². The molecule has 0 bridgehead atoms. The molecule has 0 saturated heterocycles. The lowest BCUT2D eigenvalue weighted by Gasteiger charge is -2.03. The number of benzene rings is 1. The topological polar surface area (TPSA) is 12.9 Å². The zero-order valence-electron chi connectivity index (χ0n) is 9.71. The van der Waals surface area contributed by atoms with E-state index in [1.54, 1.807) is 23.5 Å². The van der Waals surface area contributed by atoms with Crippen LogP contribution < -0.4 is 0 Å². The van der Waals surface area contributed by atoms with E-state index in [2.05, 4.69) is 18.8 Å². The molecule has 4 heteroatoms. The number of hydrogen-bond donors (Lipinski definition) is 0. The van der Waals surface area contributed by atoms with Gasteiger partial charge in [-0.2, -0.15) is 0 Å². The zero-order chi connectivity index (χ0) is 12.4. The molecule has 0 fully saturated rings. The fraction of sp³-hybridized carbons (Fsp3) is 0.308. The third kappa shape index (κ3) is 2.85. The van der Waals surface area contributed by atoms with E-state index >= 15 is 0 Å². The molecule has 0 atom stereocenters. The van der Waals surface area contributed by atoms with Crippen LogP contribution in [0.15, 0.2) is 24.4 Å². The summed E-state index contributed by atoms with van der Waals surface area (Å²) in [7, 11) is 0. The number of hydrogen-bond acceptors (Lipinski definition) is 2. The van der Waals surface area contributed by atoms with E-state index in [9.17, 15) is 4.39 Å². The largest absolute Gasteiger partial charge is 0.249 e. The Morgan fingerprint density at radius 3 is 2.76 bits per heavy atom. The molecule has 0 radical (unpaired) electrons. The van der Waals surface area contributed by atoms with Crippen LogP contribution in [0.2, 0.25) is 5.02 Å². The molecule has 0 amide bonds. The summed E-state index contributed by atoms with van der Waals surface area (Å²) in [4.78, 5) is 5.52. The molecule has 0 saturated carbocycles. The van der Waals surface area contributed by atoms with Crippen molar-refractivity contribution in [2.75, 3.05) is 0 Å². The molecular formula is C13H13ClFNS. The number of nitrogens with zero attached hydrogens (tertiary/aromatic N) is 1. The zero-order valence-corrected chi connectivity index (χ0v) is 11.3. The summed E-state index contributed by atoms with van der Waals surface area (Å²) in [5, 5.41) is 1.37. The van der Waals surface area contributed by atoms with Gasteiger partial charge in [-0.3, -0.25) is 0 Å². The highest BCUT2D eigenvalue weighted by molar-refractivity contribution is 7.11. The van der Waals surface area contributed by atoms with Crippen LogP contribution in [0.4, 0.5) is 4.39 Å². The molecule has 0 aliphatic rings. The molecule has 0 unspecified atom stereocenters. The summed E-state index contributed by atoms with van der Waals surface area (Å²) < 4.78 is 13.6. The Kier molecular flexibility index (Phi) is 3.79. The first kappa shape index (κ1) is 12.5. The van der Waals surface area contributed by atoms with Gasteiger partial charge in [0.05, 0.1) is 5.01 Å². The minimum absolute atomic E-state index is 0.265. The van der Waals surface area contributed by atoms with Crippen LogP contribution in [-0.4, -0.2) is 4.98 Å². The molecule has 1 nitrogen and oxygen atoms in total. The maximum atomic E-state index is 13.6. The second-order valence-electron chi connectivity index (χ2n) is 4.19. The van der Waals surface area contributed by atoms with Gasteiger partial charge in [0.2, 0.25) is 0 Å². The van der Waals surface area contributed by atoms with Gasteiger partial charge in [-0.05, 0) is 18.1 Å². The average Bonchev–Trinajstić information content (AvgIpc) is 2.72. The molecule has 1 aromatic heterocycles. The van der Waals surface area contributed by atoms with Crippen molar-refractivity contribution in [1.82, 2.24) is 4.98 Å². The van der Waals surface area contributed by atoms with Crippen molar-refractivity contribution in [3.8, 4) is 0 Å². The summed E-state index contributed by atoms with van der Waals surface area (Å²) in [6.07, 6.45) is 2.32. The van der Waals surface area contributed by atoms with Gasteiger partial charge in [0.15, 0.2) is 0 Å². The Morgan fingerprint density at radius 1 is 1.41 bits per heavy atom. The lowest BCUT2D eigenvalue weighted by atomic mass is 10.1. The second kappa shape index (κ2) is 5.15. The fourth-order valence-electron chi connectivity index (χ4n) is 1.53. The van der Waals surface area contributed by atoms with Gasteiger partial charge in [-0.1, -0.05) is 31.5 Å². The van der Waals surface area contributed by atoms with E-state index in [0.717, 1.165) is 5.01 Å². The van der Waals surface area contributed by atoms with Gasteiger partial charge in [0.1, 0.15) is 5.82 Å². The maximum Gasteiger partial charge on any atom is 0.128 e. The van der Waals surface area contributed by atoms with Crippen LogP contribution in [-0.2, 0) is 6.42 Å². The van der Waals surface area contributed by atoms with Crippen molar-refractivity contribution >= 4 is 22.9 Å². The first-order valence-corrected chi connectivity index (χ1v) is 6.65. The van der Waals surface area contributed by atoms with Gasteiger partial charge in [0.25, 0.3) is 0 Å². The lowest BCUT2D eigenvalue weighted by molar-refractivity contribution is 0.614. The number of thiazole rings is 1. The third-order valence-electron chi connectivity index (χ3n) is 2.53. The standard InChI is InChI=1S/C13H13ClFNS/c1-8(2)12-7-16-13(17-12)6-9-10(14)4-3-5-11(9)15/h3-5,7-8H,6H2,1-2H3. The van der Waals surface area contributed by atoms with E-state index in [0.29, 0.717) is 22.9 Å². The van der Waals surface area contributed by atoms with Crippen LogP contribution in [0, 0.1) is 5.82 Å². The van der Waals surface area contributed by atoms with Crippen LogP contribution in [0.1, 0.15) is 35.2 Å². The Hall–Kier alpha value is -0.930. The quantitative estimate of drug-likeness (QED) is 0.790. The summed E-state index contributed by atoms with van der Waals surface area (Å²) in [6.45, 7) is 4.24. The van der Waals surface area contributed by atoms with E-state index in [1.165, 1.54) is 10.9 Å². The van der Waals surface area contributed by atoms with E-state index in [4.69, 9.17) is 11.6 Å². The third-order valence-corrected chi connectivity index (χ3v) is 4.18. The van der Waals surface area contributed by atoms with Gasteiger partial charge in [-0.25, -0.2) is 9.37 Å². The van der Waals surface area contributed by atoms with E-state index in [1.807, 2.05) is 6.20 Å². The summed E-state index contributed by atoms with van der Waals surface area (Å²) >= 11 is 7.60. The van der Waals surface area contributed by atoms with Gasteiger partial charge < -0.3 is 0 Å². The van der Waals surface area contributed by atoms with Crippen LogP contribution in [0.5, 0.6) is 0 Å². The Balaban J connectivity index is 2.25. The monoisotopic (exact) mass is 269 g/mol. The van der Waals surface area contributed by atoms with Crippen molar-refractivity contribution < 1.29 is 4.39 Å². The number of halogens is 2. The molecule has 0 spiro atoms. The van der Waals surface area contributed by atoms with Crippen molar-refractivity contribution in [1.29, 1.82) is 0 Å². The SMILES string of the molecule is CC(C)c1cnc(Cc2c(F)cccc2Cl)s1. The van der Waals surface area contributed by atoms with Crippen LogP contribution >= 0.6 is 22.9 Å². The normalized spacial score (nSPS) is 11.1. The lowest BCUT2D eigenvalue weighted by Crippen LogP contribution is -1.92. The first-order chi connectivity index (χ1) is 8.08. The minimum Gasteiger partial charge on any atom is -0.249 e. The number of rotatable bonds is 3. The smallest absolute Gasteiger partial charge is 0.128 e. The first-order valence-electron chi connectivity index (χ1n) is 5.45. The molecule has 0 aliphatic carbocycles. The molecule has 0 N–H and O–H groups in total. The molecule has 1 aromatic carbocycles. The van der Waals surface area contributed by atoms with E-state index < -0.39 is 0 Å². The minimum atomic E-state index is -0.265. The average molecular weight is 270 g/mol. The highest BCUT2D eigenvalue weighted by Crippen LogP contribution is 2.27. The van der Waals surface area contributed by atoms with Gasteiger partial charge in [-0.15, -0.1) is 11.3 Å². The predicted octanol–water partition coefficient (Wildman–Crippen LogP) is 4.65. The molecule has 2 aromatic rings.